The summed E-state index contributed by atoms with van der Waals surface area (Å²) in [5, 5.41) is 0.228. The van der Waals surface area contributed by atoms with Crippen LogP contribution in [0.1, 0.15) is 26.3 Å². The van der Waals surface area contributed by atoms with E-state index in [4.69, 9.17) is 22.1 Å². The zero-order valence-electron chi connectivity index (χ0n) is 11.1. The molecule has 2 aromatic rings. The van der Waals surface area contributed by atoms with Gasteiger partial charge in [-0.05, 0) is 11.5 Å². The van der Waals surface area contributed by atoms with Crippen molar-refractivity contribution >= 4 is 17.4 Å². The van der Waals surface area contributed by atoms with E-state index in [1.165, 1.54) is 6.33 Å². The van der Waals surface area contributed by atoms with Crippen LogP contribution in [-0.2, 0) is 5.41 Å². The molecule has 0 radical (unpaired) electrons. The van der Waals surface area contributed by atoms with Gasteiger partial charge in [0.2, 0.25) is 5.88 Å². The molecule has 2 rings (SSSR count). The Balaban J connectivity index is 2.42. The highest BCUT2D eigenvalue weighted by Crippen LogP contribution is 2.36. The summed E-state index contributed by atoms with van der Waals surface area (Å²) < 4.78 is 5.78. The molecule has 0 aliphatic carbocycles. The average molecular weight is 278 g/mol. The molecule has 100 valence electrons. The van der Waals surface area contributed by atoms with Crippen LogP contribution >= 0.6 is 11.6 Å². The predicted molar refractivity (Wildman–Crippen MR) is 76.7 cm³/mol. The van der Waals surface area contributed by atoms with Crippen molar-refractivity contribution in [3.63, 3.8) is 0 Å². The molecule has 1 aromatic carbocycles. The van der Waals surface area contributed by atoms with Gasteiger partial charge in [-0.15, -0.1) is 0 Å². The number of ether oxygens (including phenoxy) is 1. The number of benzene rings is 1. The van der Waals surface area contributed by atoms with Crippen molar-refractivity contribution < 1.29 is 4.74 Å². The number of rotatable bonds is 2. The Morgan fingerprint density at radius 3 is 2.53 bits per heavy atom. The van der Waals surface area contributed by atoms with Gasteiger partial charge in [-0.2, -0.15) is 4.98 Å². The minimum Gasteiger partial charge on any atom is -0.437 e. The van der Waals surface area contributed by atoms with Gasteiger partial charge in [-0.3, -0.25) is 0 Å². The minimum atomic E-state index is -0.0400. The molecule has 0 atom stereocenters. The van der Waals surface area contributed by atoms with Gasteiger partial charge in [-0.1, -0.05) is 50.6 Å². The number of nitrogens with zero attached hydrogens (tertiary/aromatic N) is 2. The van der Waals surface area contributed by atoms with Gasteiger partial charge in [0.15, 0.2) is 0 Å². The first kappa shape index (κ1) is 13.6. The lowest BCUT2D eigenvalue weighted by atomic mass is 9.86. The van der Waals surface area contributed by atoms with Crippen LogP contribution in [0.5, 0.6) is 11.6 Å². The molecule has 0 unspecified atom stereocenters. The van der Waals surface area contributed by atoms with Crippen LogP contribution in [0.2, 0.25) is 5.02 Å². The van der Waals surface area contributed by atoms with Gasteiger partial charge in [0.25, 0.3) is 0 Å². The molecule has 0 aliphatic rings. The largest absolute Gasteiger partial charge is 0.437 e. The van der Waals surface area contributed by atoms with E-state index in [0.29, 0.717) is 0 Å². The van der Waals surface area contributed by atoms with E-state index in [1.807, 2.05) is 24.3 Å². The van der Waals surface area contributed by atoms with Crippen LogP contribution in [0.3, 0.4) is 0 Å². The van der Waals surface area contributed by atoms with E-state index in [2.05, 4.69) is 30.7 Å². The second kappa shape index (κ2) is 5.05. The van der Waals surface area contributed by atoms with E-state index in [1.54, 1.807) is 0 Å². The molecule has 0 bridgehead atoms. The van der Waals surface area contributed by atoms with E-state index in [9.17, 15) is 0 Å². The SMILES string of the molecule is CC(C)(C)c1ccccc1Oc1ncnc(N)c1Cl. The number of hydrogen-bond acceptors (Lipinski definition) is 4. The number of halogens is 1. The van der Waals surface area contributed by atoms with Crippen molar-refractivity contribution in [2.24, 2.45) is 0 Å². The molecule has 0 fully saturated rings. The Hall–Kier alpha value is -1.81. The fourth-order valence-corrected chi connectivity index (χ4v) is 1.85. The Morgan fingerprint density at radius 2 is 1.84 bits per heavy atom. The van der Waals surface area contributed by atoms with E-state index >= 15 is 0 Å². The predicted octanol–water partition coefficient (Wildman–Crippen LogP) is 3.80. The number of para-hydroxylation sites is 1. The summed E-state index contributed by atoms with van der Waals surface area (Å²) in [5.41, 5.74) is 6.67. The highest BCUT2D eigenvalue weighted by atomic mass is 35.5. The number of nitrogens with two attached hydrogens (primary N) is 1. The topological polar surface area (TPSA) is 61.0 Å². The first-order valence-corrected chi connectivity index (χ1v) is 6.30. The summed E-state index contributed by atoms with van der Waals surface area (Å²) in [6, 6.07) is 7.79. The van der Waals surface area contributed by atoms with E-state index in [0.717, 1.165) is 11.3 Å². The third-order valence-corrected chi connectivity index (χ3v) is 3.04. The highest BCUT2D eigenvalue weighted by Gasteiger charge is 2.20. The zero-order valence-corrected chi connectivity index (χ0v) is 11.9. The maximum atomic E-state index is 6.03. The third kappa shape index (κ3) is 2.96. The van der Waals surface area contributed by atoms with Crippen molar-refractivity contribution in [3.05, 3.63) is 41.2 Å². The zero-order chi connectivity index (χ0) is 14.0. The van der Waals surface area contributed by atoms with Gasteiger partial charge in [-0.25, -0.2) is 4.98 Å². The Bertz CT molecular complexity index is 593. The van der Waals surface area contributed by atoms with Crippen LogP contribution in [0, 0.1) is 0 Å². The second-order valence-electron chi connectivity index (χ2n) is 5.23. The third-order valence-electron chi connectivity index (χ3n) is 2.69. The fourth-order valence-electron chi connectivity index (χ4n) is 1.72. The van der Waals surface area contributed by atoms with Crippen LogP contribution in [0.15, 0.2) is 30.6 Å². The maximum absolute atomic E-state index is 6.03. The Kier molecular flexibility index (Phi) is 3.62. The van der Waals surface area contributed by atoms with Crippen molar-refractivity contribution in [3.8, 4) is 11.6 Å². The number of aromatic nitrogens is 2. The molecule has 5 heteroatoms. The monoisotopic (exact) mass is 277 g/mol. The standard InChI is InChI=1S/C14H16ClN3O/c1-14(2,3)9-6-4-5-7-10(9)19-13-11(15)12(16)17-8-18-13/h4-8H,1-3H3,(H2,16,17,18). The molecule has 1 aromatic heterocycles. The van der Waals surface area contributed by atoms with Gasteiger partial charge in [0.1, 0.15) is 22.9 Å². The quantitative estimate of drug-likeness (QED) is 0.907. The fraction of sp³-hybridized carbons (Fsp3) is 0.286. The molecule has 0 saturated carbocycles. The highest BCUT2D eigenvalue weighted by molar-refractivity contribution is 6.34. The first-order chi connectivity index (χ1) is 8.89. The number of hydrogen-bond donors (Lipinski definition) is 1. The molecular formula is C14H16ClN3O. The molecule has 0 amide bonds. The lowest BCUT2D eigenvalue weighted by Crippen LogP contribution is -2.12. The van der Waals surface area contributed by atoms with Crippen molar-refractivity contribution in [1.29, 1.82) is 0 Å². The van der Waals surface area contributed by atoms with Gasteiger partial charge >= 0.3 is 0 Å². The van der Waals surface area contributed by atoms with Crippen molar-refractivity contribution in [1.82, 2.24) is 9.97 Å². The number of anilines is 1. The minimum absolute atomic E-state index is 0.0400. The molecule has 1 heterocycles. The van der Waals surface area contributed by atoms with Crippen LogP contribution in [0.4, 0.5) is 5.82 Å². The lowest BCUT2D eigenvalue weighted by molar-refractivity contribution is 0.439. The summed E-state index contributed by atoms with van der Waals surface area (Å²) in [7, 11) is 0. The number of nitrogen functional groups attached to an aromatic ring is 1. The van der Waals surface area contributed by atoms with Crippen molar-refractivity contribution in [2.45, 2.75) is 26.2 Å². The van der Waals surface area contributed by atoms with Crippen LogP contribution < -0.4 is 10.5 Å². The van der Waals surface area contributed by atoms with Gasteiger partial charge < -0.3 is 10.5 Å². The smallest absolute Gasteiger partial charge is 0.243 e. The summed E-state index contributed by atoms with van der Waals surface area (Å²) in [6.45, 7) is 6.35. The van der Waals surface area contributed by atoms with Gasteiger partial charge in [0, 0.05) is 5.56 Å². The van der Waals surface area contributed by atoms with E-state index in [-0.39, 0.29) is 22.1 Å². The normalized spacial score (nSPS) is 11.4. The lowest BCUT2D eigenvalue weighted by Gasteiger charge is -2.22. The van der Waals surface area contributed by atoms with Crippen LogP contribution in [-0.4, -0.2) is 9.97 Å². The van der Waals surface area contributed by atoms with E-state index < -0.39 is 0 Å². The molecular weight excluding hydrogens is 262 g/mol. The molecule has 0 aliphatic heterocycles. The molecule has 0 saturated heterocycles. The van der Waals surface area contributed by atoms with Crippen molar-refractivity contribution in [2.75, 3.05) is 5.73 Å². The summed E-state index contributed by atoms with van der Waals surface area (Å²) in [6.07, 6.45) is 1.33. The Labute approximate surface area is 117 Å². The maximum Gasteiger partial charge on any atom is 0.243 e. The summed E-state index contributed by atoms with van der Waals surface area (Å²) in [5.74, 6) is 1.20. The molecule has 2 N–H and O–H groups in total. The molecule has 19 heavy (non-hydrogen) atoms. The first-order valence-electron chi connectivity index (χ1n) is 5.93. The van der Waals surface area contributed by atoms with Crippen LogP contribution in [0.25, 0.3) is 0 Å². The average Bonchev–Trinajstić information content (AvgIpc) is 2.34. The van der Waals surface area contributed by atoms with Gasteiger partial charge in [0.05, 0.1) is 0 Å². The summed E-state index contributed by atoms with van der Waals surface area (Å²) >= 11 is 6.03. The Morgan fingerprint density at radius 1 is 1.16 bits per heavy atom. The second-order valence-corrected chi connectivity index (χ2v) is 5.60. The summed E-state index contributed by atoms with van der Waals surface area (Å²) in [4.78, 5) is 7.82. The molecule has 4 nitrogen and oxygen atoms in total. The molecule has 0 spiro atoms.